The summed E-state index contributed by atoms with van der Waals surface area (Å²) in [6.45, 7) is 2.20. The molecule has 0 aliphatic heterocycles. The van der Waals surface area contributed by atoms with Crippen molar-refractivity contribution in [1.29, 1.82) is 0 Å². The van der Waals surface area contributed by atoms with Crippen LogP contribution in [0.2, 0.25) is 0 Å². The average molecular weight is 242 g/mol. The summed E-state index contributed by atoms with van der Waals surface area (Å²) in [7, 11) is 0. The van der Waals surface area contributed by atoms with Crippen LogP contribution in [0.15, 0.2) is 42.7 Å². The van der Waals surface area contributed by atoms with Gasteiger partial charge in [0.2, 0.25) is 0 Å². The van der Waals surface area contributed by atoms with E-state index in [1.165, 1.54) is 6.07 Å². The van der Waals surface area contributed by atoms with E-state index in [1.807, 2.05) is 12.1 Å². The number of aryl methyl sites for hydroxylation is 1. The lowest BCUT2D eigenvalue weighted by Crippen LogP contribution is -2.22. The van der Waals surface area contributed by atoms with Gasteiger partial charge < -0.3 is 10.4 Å². The SMILES string of the molecule is Cc1ccc(C(=O)NCc2cccnc2)cc1O. The summed E-state index contributed by atoms with van der Waals surface area (Å²) >= 11 is 0. The van der Waals surface area contributed by atoms with Gasteiger partial charge in [-0.2, -0.15) is 0 Å². The Kier molecular flexibility index (Phi) is 3.57. The van der Waals surface area contributed by atoms with E-state index in [9.17, 15) is 9.90 Å². The van der Waals surface area contributed by atoms with E-state index in [1.54, 1.807) is 31.5 Å². The fourth-order valence-electron chi connectivity index (χ4n) is 1.54. The van der Waals surface area contributed by atoms with E-state index < -0.39 is 0 Å². The second-order valence-corrected chi connectivity index (χ2v) is 4.05. The molecule has 0 saturated heterocycles. The van der Waals surface area contributed by atoms with Gasteiger partial charge in [0.1, 0.15) is 5.75 Å². The fourth-order valence-corrected chi connectivity index (χ4v) is 1.54. The Bertz CT molecular complexity index is 553. The minimum absolute atomic E-state index is 0.129. The number of hydrogen-bond donors (Lipinski definition) is 2. The lowest BCUT2D eigenvalue weighted by Gasteiger charge is -2.06. The number of hydrogen-bond acceptors (Lipinski definition) is 3. The normalized spacial score (nSPS) is 10.1. The second-order valence-electron chi connectivity index (χ2n) is 4.05. The monoisotopic (exact) mass is 242 g/mol. The molecule has 2 N–H and O–H groups in total. The van der Waals surface area contributed by atoms with Crippen LogP contribution < -0.4 is 5.32 Å². The summed E-state index contributed by atoms with van der Waals surface area (Å²) in [5.74, 6) is -0.0850. The van der Waals surface area contributed by atoms with Gasteiger partial charge in [0, 0.05) is 24.5 Å². The van der Waals surface area contributed by atoms with E-state index in [4.69, 9.17) is 0 Å². The molecule has 0 unspecified atom stereocenters. The van der Waals surface area contributed by atoms with Crippen molar-refractivity contribution < 1.29 is 9.90 Å². The summed E-state index contributed by atoms with van der Waals surface area (Å²) in [6, 6.07) is 8.58. The molecule has 0 aliphatic carbocycles. The molecule has 0 bridgehead atoms. The molecule has 92 valence electrons. The van der Waals surface area contributed by atoms with Gasteiger partial charge in [-0.1, -0.05) is 12.1 Å². The Hall–Kier alpha value is -2.36. The predicted molar refractivity (Wildman–Crippen MR) is 68.3 cm³/mol. The van der Waals surface area contributed by atoms with E-state index in [2.05, 4.69) is 10.3 Å². The zero-order valence-electron chi connectivity index (χ0n) is 10.1. The van der Waals surface area contributed by atoms with Gasteiger partial charge in [0.15, 0.2) is 0 Å². The number of rotatable bonds is 3. The zero-order valence-corrected chi connectivity index (χ0v) is 10.1. The highest BCUT2D eigenvalue weighted by molar-refractivity contribution is 5.94. The minimum atomic E-state index is -0.214. The van der Waals surface area contributed by atoms with Gasteiger partial charge in [0.25, 0.3) is 5.91 Å². The molecule has 0 radical (unpaired) electrons. The molecule has 0 atom stereocenters. The number of nitrogens with zero attached hydrogens (tertiary/aromatic N) is 1. The van der Waals surface area contributed by atoms with Crippen molar-refractivity contribution in [2.75, 3.05) is 0 Å². The number of phenols is 1. The first-order valence-electron chi connectivity index (χ1n) is 5.63. The van der Waals surface area contributed by atoms with Crippen LogP contribution in [0.5, 0.6) is 5.75 Å². The number of phenolic OH excluding ortho intramolecular Hbond substituents is 1. The molecule has 1 aromatic heterocycles. The first-order chi connectivity index (χ1) is 8.66. The topological polar surface area (TPSA) is 62.2 Å². The van der Waals surface area contributed by atoms with E-state index in [0.29, 0.717) is 12.1 Å². The molecule has 0 spiro atoms. The molecule has 2 aromatic rings. The molecule has 4 heteroatoms. The van der Waals surface area contributed by atoms with Crippen molar-refractivity contribution >= 4 is 5.91 Å². The highest BCUT2D eigenvalue weighted by atomic mass is 16.3. The van der Waals surface area contributed by atoms with Crippen LogP contribution in [-0.4, -0.2) is 16.0 Å². The number of nitrogens with one attached hydrogen (secondary N) is 1. The van der Waals surface area contributed by atoms with Crippen LogP contribution in [0.4, 0.5) is 0 Å². The summed E-state index contributed by atoms with van der Waals surface area (Å²) in [5, 5.41) is 12.3. The van der Waals surface area contributed by atoms with Gasteiger partial charge in [-0.15, -0.1) is 0 Å². The van der Waals surface area contributed by atoms with Crippen LogP contribution in [0, 0.1) is 6.92 Å². The highest BCUT2D eigenvalue weighted by Gasteiger charge is 2.07. The van der Waals surface area contributed by atoms with Crippen LogP contribution in [0.25, 0.3) is 0 Å². The smallest absolute Gasteiger partial charge is 0.251 e. The van der Waals surface area contributed by atoms with Gasteiger partial charge >= 0.3 is 0 Å². The minimum Gasteiger partial charge on any atom is -0.508 e. The number of benzene rings is 1. The number of aromatic hydroxyl groups is 1. The standard InChI is InChI=1S/C14H14N2O2/c1-10-4-5-12(7-13(10)17)14(18)16-9-11-3-2-6-15-8-11/h2-8,17H,9H2,1H3,(H,16,18). The third-order valence-corrected chi connectivity index (χ3v) is 2.65. The summed E-state index contributed by atoms with van der Waals surface area (Å²) < 4.78 is 0. The molecule has 18 heavy (non-hydrogen) atoms. The number of carbonyl (C=O) groups is 1. The Morgan fingerprint density at radius 3 is 2.89 bits per heavy atom. The van der Waals surface area contributed by atoms with Crippen molar-refractivity contribution in [3.63, 3.8) is 0 Å². The van der Waals surface area contributed by atoms with Gasteiger partial charge in [0.05, 0.1) is 0 Å². The first kappa shape index (κ1) is 12.1. The molecular weight excluding hydrogens is 228 g/mol. The van der Waals surface area contributed by atoms with Crippen LogP contribution in [0.3, 0.4) is 0 Å². The van der Waals surface area contributed by atoms with E-state index in [-0.39, 0.29) is 11.7 Å². The molecule has 1 heterocycles. The lowest BCUT2D eigenvalue weighted by molar-refractivity contribution is 0.0950. The third-order valence-electron chi connectivity index (χ3n) is 2.65. The number of aromatic nitrogens is 1. The molecule has 4 nitrogen and oxygen atoms in total. The van der Waals surface area contributed by atoms with E-state index in [0.717, 1.165) is 11.1 Å². The fraction of sp³-hybridized carbons (Fsp3) is 0.143. The van der Waals surface area contributed by atoms with Crippen molar-refractivity contribution in [2.24, 2.45) is 0 Å². The Morgan fingerprint density at radius 2 is 2.22 bits per heavy atom. The Morgan fingerprint density at radius 1 is 1.39 bits per heavy atom. The Balaban J connectivity index is 2.02. The zero-order chi connectivity index (χ0) is 13.0. The molecule has 1 aromatic carbocycles. The largest absolute Gasteiger partial charge is 0.508 e. The van der Waals surface area contributed by atoms with Gasteiger partial charge in [-0.05, 0) is 36.2 Å². The Labute approximate surface area is 105 Å². The van der Waals surface area contributed by atoms with Crippen molar-refractivity contribution in [2.45, 2.75) is 13.5 Å². The molecule has 0 fully saturated rings. The maximum atomic E-state index is 11.8. The lowest BCUT2D eigenvalue weighted by atomic mass is 10.1. The van der Waals surface area contributed by atoms with Crippen molar-refractivity contribution in [3.05, 3.63) is 59.4 Å². The molecule has 0 aliphatic rings. The number of amides is 1. The maximum Gasteiger partial charge on any atom is 0.251 e. The molecule has 2 rings (SSSR count). The maximum absolute atomic E-state index is 11.8. The highest BCUT2D eigenvalue weighted by Crippen LogP contribution is 2.17. The third kappa shape index (κ3) is 2.85. The first-order valence-corrected chi connectivity index (χ1v) is 5.63. The van der Waals surface area contributed by atoms with Crippen LogP contribution in [-0.2, 0) is 6.54 Å². The van der Waals surface area contributed by atoms with Crippen molar-refractivity contribution in [3.8, 4) is 5.75 Å². The van der Waals surface area contributed by atoms with Crippen molar-refractivity contribution in [1.82, 2.24) is 10.3 Å². The average Bonchev–Trinajstić information content (AvgIpc) is 2.40. The van der Waals surface area contributed by atoms with Gasteiger partial charge in [-0.25, -0.2) is 0 Å². The molecular formula is C14H14N2O2. The summed E-state index contributed by atoms with van der Waals surface area (Å²) in [6.07, 6.45) is 3.39. The molecule has 1 amide bonds. The van der Waals surface area contributed by atoms with E-state index >= 15 is 0 Å². The summed E-state index contributed by atoms with van der Waals surface area (Å²) in [5.41, 5.74) is 2.13. The molecule has 0 saturated carbocycles. The predicted octanol–water partition coefficient (Wildman–Crippen LogP) is 2.03. The number of carbonyl (C=O) groups excluding carboxylic acids is 1. The van der Waals surface area contributed by atoms with Crippen LogP contribution in [0.1, 0.15) is 21.5 Å². The van der Waals surface area contributed by atoms with Gasteiger partial charge in [-0.3, -0.25) is 9.78 Å². The summed E-state index contributed by atoms with van der Waals surface area (Å²) in [4.78, 5) is 15.8. The quantitative estimate of drug-likeness (QED) is 0.865. The second kappa shape index (κ2) is 5.31. The number of pyridine rings is 1. The van der Waals surface area contributed by atoms with Crippen LogP contribution >= 0.6 is 0 Å².